The first-order valence-electron chi connectivity index (χ1n) is 9.51. The minimum atomic E-state index is 0.141. The van der Waals surface area contributed by atoms with Crippen LogP contribution >= 0.6 is 11.3 Å². The predicted octanol–water partition coefficient (Wildman–Crippen LogP) is 2.93. The number of carbonyl (C=O) groups excluding carboxylic acids is 1. The van der Waals surface area contributed by atoms with Crippen molar-refractivity contribution in [3.8, 4) is 0 Å². The summed E-state index contributed by atoms with van der Waals surface area (Å²) in [7, 11) is 0. The maximum absolute atomic E-state index is 13.0. The molecule has 6 heteroatoms. The highest BCUT2D eigenvalue weighted by atomic mass is 32.1. The first-order valence-corrected chi connectivity index (χ1v) is 10.3. The molecule has 2 aromatic rings. The van der Waals surface area contributed by atoms with Crippen LogP contribution in [0.3, 0.4) is 0 Å². The van der Waals surface area contributed by atoms with Crippen LogP contribution in [-0.4, -0.2) is 53.1 Å². The lowest BCUT2D eigenvalue weighted by molar-refractivity contribution is 0.0398. The molecule has 5 nitrogen and oxygen atoms in total. The van der Waals surface area contributed by atoms with Crippen LogP contribution in [0.15, 0.2) is 29.1 Å². The largest absolute Gasteiger partial charge is 0.472 e. The quantitative estimate of drug-likeness (QED) is 0.874. The van der Waals surface area contributed by atoms with Gasteiger partial charge in [0.25, 0.3) is 5.91 Å². The van der Waals surface area contributed by atoms with E-state index in [2.05, 4.69) is 11.0 Å². The van der Waals surface area contributed by atoms with Gasteiger partial charge in [-0.2, -0.15) is 0 Å². The summed E-state index contributed by atoms with van der Waals surface area (Å²) < 4.78 is 5.17. The van der Waals surface area contributed by atoms with Crippen LogP contribution < -0.4 is 0 Å². The van der Waals surface area contributed by atoms with E-state index >= 15 is 0 Å². The molecule has 4 rings (SSSR count). The van der Waals surface area contributed by atoms with Gasteiger partial charge in [0.1, 0.15) is 0 Å². The number of piperazine rings is 1. The molecule has 26 heavy (non-hydrogen) atoms. The molecule has 1 N–H and O–H groups in total. The molecular formula is C20H26N2O3S. The number of nitrogens with zero attached hydrogens (tertiary/aromatic N) is 2. The van der Waals surface area contributed by atoms with E-state index in [9.17, 15) is 9.90 Å². The summed E-state index contributed by atoms with van der Waals surface area (Å²) in [5.74, 6) is 0.162. The van der Waals surface area contributed by atoms with Crippen LogP contribution in [0.1, 0.15) is 44.9 Å². The number of thiophene rings is 1. The first-order chi connectivity index (χ1) is 12.7. The molecule has 1 saturated heterocycles. The van der Waals surface area contributed by atoms with Gasteiger partial charge in [-0.05, 0) is 49.8 Å². The lowest BCUT2D eigenvalue weighted by Crippen LogP contribution is -2.54. The number of fused-ring (bicyclic) bond motifs is 1. The van der Waals surface area contributed by atoms with Crippen LogP contribution in [0.2, 0.25) is 0 Å². The average Bonchev–Trinajstić information content (AvgIpc) is 3.32. The minimum Gasteiger partial charge on any atom is -0.472 e. The number of aryl methyl sites for hydroxylation is 2. The SMILES string of the molecule is O=C(c1cc2c(s1)CCCC2)N1CCN(Cc2ccoc2)[C@H](CCO)C1. The van der Waals surface area contributed by atoms with Gasteiger partial charge >= 0.3 is 0 Å². The highest BCUT2D eigenvalue weighted by Gasteiger charge is 2.31. The molecule has 1 aliphatic heterocycles. The van der Waals surface area contributed by atoms with Gasteiger partial charge in [-0.1, -0.05) is 0 Å². The summed E-state index contributed by atoms with van der Waals surface area (Å²) in [6, 6.07) is 4.28. The highest BCUT2D eigenvalue weighted by molar-refractivity contribution is 7.14. The second-order valence-corrected chi connectivity index (χ2v) is 8.42. The first kappa shape index (κ1) is 17.8. The Balaban J connectivity index is 1.44. The van der Waals surface area contributed by atoms with Crippen LogP contribution in [0.5, 0.6) is 0 Å². The van der Waals surface area contributed by atoms with Crippen molar-refractivity contribution in [1.29, 1.82) is 0 Å². The molecule has 2 aliphatic rings. The van der Waals surface area contributed by atoms with Crippen molar-refractivity contribution in [2.24, 2.45) is 0 Å². The second kappa shape index (κ2) is 7.94. The smallest absolute Gasteiger partial charge is 0.264 e. The van der Waals surface area contributed by atoms with Gasteiger partial charge in [-0.25, -0.2) is 0 Å². The van der Waals surface area contributed by atoms with Gasteiger partial charge in [0.05, 0.1) is 17.4 Å². The molecule has 0 spiro atoms. The number of hydrogen-bond acceptors (Lipinski definition) is 5. The Hall–Kier alpha value is -1.63. The fourth-order valence-corrected chi connectivity index (χ4v) is 5.30. The maximum atomic E-state index is 13.0. The molecule has 0 aromatic carbocycles. The molecule has 0 unspecified atom stereocenters. The molecule has 3 heterocycles. The van der Waals surface area contributed by atoms with Crippen molar-refractivity contribution in [2.45, 2.75) is 44.7 Å². The van der Waals surface area contributed by atoms with Gasteiger partial charge < -0.3 is 14.4 Å². The van der Waals surface area contributed by atoms with Gasteiger partial charge in [-0.15, -0.1) is 11.3 Å². The molecule has 1 aliphatic carbocycles. The number of amides is 1. The number of aliphatic hydroxyl groups excluding tert-OH is 1. The van der Waals surface area contributed by atoms with Gasteiger partial charge in [0, 0.05) is 49.3 Å². The zero-order valence-corrected chi connectivity index (χ0v) is 15.8. The number of hydrogen-bond donors (Lipinski definition) is 1. The Kier molecular flexibility index (Phi) is 5.43. The van der Waals surface area contributed by atoms with Crippen molar-refractivity contribution < 1.29 is 14.3 Å². The minimum absolute atomic E-state index is 0.141. The monoisotopic (exact) mass is 374 g/mol. The summed E-state index contributed by atoms with van der Waals surface area (Å²) in [4.78, 5) is 19.7. The molecule has 1 fully saturated rings. The highest BCUT2D eigenvalue weighted by Crippen LogP contribution is 2.31. The van der Waals surface area contributed by atoms with E-state index in [4.69, 9.17) is 4.42 Å². The molecule has 1 amide bonds. The Morgan fingerprint density at radius 2 is 2.19 bits per heavy atom. The zero-order chi connectivity index (χ0) is 17.9. The summed E-state index contributed by atoms with van der Waals surface area (Å²) in [6.07, 6.45) is 8.86. The maximum Gasteiger partial charge on any atom is 0.264 e. The zero-order valence-electron chi connectivity index (χ0n) is 15.0. The molecule has 2 aromatic heterocycles. The third kappa shape index (κ3) is 3.72. The fraction of sp³-hybridized carbons (Fsp3) is 0.550. The van der Waals surface area contributed by atoms with Crippen LogP contribution in [0.25, 0.3) is 0 Å². The summed E-state index contributed by atoms with van der Waals surface area (Å²) in [6.45, 7) is 3.19. The van der Waals surface area contributed by atoms with Crippen LogP contribution in [0, 0.1) is 0 Å². The third-order valence-electron chi connectivity index (χ3n) is 5.53. The van der Waals surface area contributed by atoms with E-state index < -0.39 is 0 Å². The van der Waals surface area contributed by atoms with Crippen molar-refractivity contribution in [1.82, 2.24) is 9.80 Å². The van der Waals surface area contributed by atoms with E-state index in [1.165, 1.54) is 23.3 Å². The van der Waals surface area contributed by atoms with E-state index in [-0.39, 0.29) is 18.6 Å². The van der Waals surface area contributed by atoms with Crippen molar-refractivity contribution in [3.63, 3.8) is 0 Å². The lowest BCUT2D eigenvalue weighted by atomic mass is 9.99. The summed E-state index contributed by atoms with van der Waals surface area (Å²) >= 11 is 1.69. The Labute approximate surface area is 158 Å². The molecule has 0 saturated carbocycles. The fourth-order valence-electron chi connectivity index (χ4n) is 4.08. The number of aliphatic hydroxyl groups is 1. The molecule has 140 valence electrons. The third-order valence-corrected chi connectivity index (χ3v) is 6.75. The molecule has 1 atom stereocenters. The normalized spacial score (nSPS) is 21.0. The van der Waals surface area contributed by atoms with Gasteiger partial charge in [-0.3, -0.25) is 9.69 Å². The van der Waals surface area contributed by atoms with E-state index in [0.29, 0.717) is 13.0 Å². The predicted molar refractivity (Wildman–Crippen MR) is 101 cm³/mol. The number of furan rings is 1. The molecule has 0 bridgehead atoms. The standard InChI is InChI=1S/C20H26N2O3S/c23-9-5-17-13-22(8-7-21(17)12-15-6-10-25-14-15)20(24)19-11-16-3-1-2-4-18(16)26-19/h6,10-11,14,17,23H,1-5,7-9,12-13H2/t17-/m1/s1. The van der Waals surface area contributed by atoms with Crippen LogP contribution in [0.4, 0.5) is 0 Å². The van der Waals surface area contributed by atoms with E-state index in [1.54, 1.807) is 23.9 Å². The van der Waals surface area contributed by atoms with Crippen LogP contribution in [-0.2, 0) is 19.4 Å². The Bertz CT molecular complexity index is 717. The van der Waals surface area contributed by atoms with Crippen molar-refractivity contribution >= 4 is 17.2 Å². The topological polar surface area (TPSA) is 56.9 Å². The second-order valence-electron chi connectivity index (χ2n) is 7.29. The lowest BCUT2D eigenvalue weighted by Gasteiger charge is -2.41. The summed E-state index contributed by atoms with van der Waals surface area (Å²) in [5, 5.41) is 9.47. The Morgan fingerprint density at radius 3 is 2.96 bits per heavy atom. The van der Waals surface area contributed by atoms with E-state index in [0.717, 1.165) is 42.9 Å². The van der Waals surface area contributed by atoms with Crippen molar-refractivity contribution in [2.75, 3.05) is 26.2 Å². The van der Waals surface area contributed by atoms with Gasteiger partial charge in [0.2, 0.25) is 0 Å². The average molecular weight is 375 g/mol. The molecular weight excluding hydrogens is 348 g/mol. The van der Waals surface area contributed by atoms with E-state index in [1.807, 2.05) is 11.0 Å². The Morgan fingerprint density at radius 1 is 1.31 bits per heavy atom. The number of rotatable bonds is 5. The van der Waals surface area contributed by atoms with Crippen molar-refractivity contribution in [3.05, 3.63) is 45.5 Å². The van der Waals surface area contributed by atoms with Gasteiger partial charge in [0.15, 0.2) is 0 Å². The molecule has 0 radical (unpaired) electrons. The number of carbonyl (C=O) groups is 1. The summed E-state index contributed by atoms with van der Waals surface area (Å²) in [5.41, 5.74) is 2.52.